The molecule has 0 saturated heterocycles. The zero-order valence-corrected chi connectivity index (χ0v) is 9.56. The summed E-state index contributed by atoms with van der Waals surface area (Å²) in [5.41, 5.74) is 0.254. The van der Waals surface area contributed by atoms with Gasteiger partial charge in [0.25, 0.3) is 5.91 Å². The lowest BCUT2D eigenvalue weighted by molar-refractivity contribution is 0.0690. The number of hydrogen-bond acceptors (Lipinski definition) is 3. The highest BCUT2D eigenvalue weighted by Crippen LogP contribution is 2.44. The van der Waals surface area contributed by atoms with Crippen molar-refractivity contribution in [2.45, 2.75) is 19.8 Å². The monoisotopic (exact) mass is 234 g/mol. The van der Waals surface area contributed by atoms with Crippen LogP contribution in [-0.2, 0) is 0 Å². The van der Waals surface area contributed by atoms with Crippen molar-refractivity contribution in [3.8, 4) is 0 Å². The van der Waals surface area contributed by atoms with Gasteiger partial charge in [-0.2, -0.15) is 0 Å². The molecule has 1 saturated carbocycles. The van der Waals surface area contributed by atoms with Crippen molar-refractivity contribution in [1.82, 2.24) is 10.3 Å². The molecule has 5 nitrogen and oxygen atoms in total. The molecule has 0 unspecified atom stereocenters. The molecule has 0 bridgehead atoms. The van der Waals surface area contributed by atoms with Gasteiger partial charge in [0.05, 0.1) is 0 Å². The molecule has 0 aromatic carbocycles. The van der Waals surface area contributed by atoms with Crippen LogP contribution in [0.3, 0.4) is 0 Å². The number of nitrogens with one attached hydrogen (secondary N) is 1. The topological polar surface area (TPSA) is 79.3 Å². The Hall–Kier alpha value is -1.91. The maximum Gasteiger partial charge on any atom is 0.354 e. The molecule has 1 aliphatic carbocycles. The molecule has 1 aromatic rings. The summed E-state index contributed by atoms with van der Waals surface area (Å²) in [7, 11) is 0. The minimum Gasteiger partial charge on any atom is -0.477 e. The van der Waals surface area contributed by atoms with Gasteiger partial charge in [-0.05, 0) is 30.4 Å². The number of carboxylic acid groups (broad SMARTS) is 1. The van der Waals surface area contributed by atoms with Crippen LogP contribution in [0.4, 0.5) is 0 Å². The Morgan fingerprint density at radius 2 is 2.06 bits per heavy atom. The molecule has 0 spiro atoms. The zero-order chi connectivity index (χ0) is 12.5. The molecule has 2 rings (SSSR count). The molecular formula is C12H14N2O3. The second-order valence-electron chi connectivity index (χ2n) is 4.71. The number of amides is 1. The highest BCUT2D eigenvalue weighted by Gasteiger charge is 2.37. The van der Waals surface area contributed by atoms with E-state index in [0.717, 1.165) is 12.8 Å². The second-order valence-corrected chi connectivity index (χ2v) is 4.71. The summed E-state index contributed by atoms with van der Waals surface area (Å²) in [4.78, 5) is 26.2. The number of pyridine rings is 1. The van der Waals surface area contributed by atoms with E-state index in [0.29, 0.717) is 6.54 Å². The van der Waals surface area contributed by atoms with Gasteiger partial charge in [-0.15, -0.1) is 0 Å². The fourth-order valence-electron chi connectivity index (χ4n) is 1.45. The van der Waals surface area contributed by atoms with E-state index in [1.807, 2.05) is 0 Å². The van der Waals surface area contributed by atoms with E-state index in [1.165, 1.54) is 18.2 Å². The predicted molar refractivity (Wildman–Crippen MR) is 60.9 cm³/mol. The molecule has 2 N–H and O–H groups in total. The first-order valence-electron chi connectivity index (χ1n) is 5.49. The lowest BCUT2D eigenvalue weighted by Crippen LogP contribution is -2.29. The zero-order valence-electron chi connectivity index (χ0n) is 9.56. The number of aromatic nitrogens is 1. The quantitative estimate of drug-likeness (QED) is 0.823. The molecule has 1 amide bonds. The lowest BCUT2D eigenvalue weighted by Gasteiger charge is -2.09. The Balaban J connectivity index is 2.03. The molecule has 1 aromatic heterocycles. The smallest absolute Gasteiger partial charge is 0.354 e. The Morgan fingerprint density at radius 3 is 2.65 bits per heavy atom. The fourth-order valence-corrected chi connectivity index (χ4v) is 1.45. The standard InChI is InChI=1S/C12H14N2O3/c1-12(5-6-12)7-13-10(15)8-3-2-4-9(14-8)11(16)17/h2-4H,5-7H2,1H3,(H,13,15)(H,16,17). The maximum absolute atomic E-state index is 11.7. The van der Waals surface area contributed by atoms with Crippen molar-refractivity contribution in [3.63, 3.8) is 0 Å². The number of carbonyl (C=O) groups excluding carboxylic acids is 1. The van der Waals surface area contributed by atoms with Gasteiger partial charge >= 0.3 is 5.97 Å². The molecule has 0 aliphatic heterocycles. The summed E-state index contributed by atoms with van der Waals surface area (Å²) < 4.78 is 0. The lowest BCUT2D eigenvalue weighted by atomic mass is 10.1. The van der Waals surface area contributed by atoms with E-state index in [4.69, 9.17) is 5.11 Å². The number of nitrogens with zero attached hydrogens (tertiary/aromatic N) is 1. The number of rotatable bonds is 4. The summed E-state index contributed by atoms with van der Waals surface area (Å²) in [6.45, 7) is 2.72. The first-order valence-corrected chi connectivity index (χ1v) is 5.49. The molecular weight excluding hydrogens is 220 g/mol. The van der Waals surface area contributed by atoms with Gasteiger partial charge in [0.1, 0.15) is 11.4 Å². The van der Waals surface area contributed by atoms with E-state index in [9.17, 15) is 9.59 Å². The normalized spacial score (nSPS) is 16.3. The SMILES string of the molecule is CC1(CNC(=O)c2cccc(C(=O)O)n2)CC1. The van der Waals surface area contributed by atoms with Crippen LogP contribution < -0.4 is 5.32 Å². The fraction of sp³-hybridized carbons (Fsp3) is 0.417. The van der Waals surface area contributed by atoms with E-state index in [2.05, 4.69) is 17.2 Å². The third-order valence-electron chi connectivity index (χ3n) is 2.98. The number of carboxylic acids is 1. The van der Waals surface area contributed by atoms with Gasteiger partial charge in [0.15, 0.2) is 0 Å². The van der Waals surface area contributed by atoms with Crippen LogP contribution in [0.5, 0.6) is 0 Å². The molecule has 17 heavy (non-hydrogen) atoms. The van der Waals surface area contributed by atoms with Crippen molar-refractivity contribution < 1.29 is 14.7 Å². The van der Waals surface area contributed by atoms with Crippen molar-refractivity contribution in [2.75, 3.05) is 6.54 Å². The van der Waals surface area contributed by atoms with Gasteiger partial charge in [-0.1, -0.05) is 13.0 Å². The van der Waals surface area contributed by atoms with E-state index < -0.39 is 5.97 Å². The van der Waals surface area contributed by atoms with E-state index in [1.54, 1.807) is 0 Å². The summed E-state index contributed by atoms with van der Waals surface area (Å²) >= 11 is 0. The van der Waals surface area contributed by atoms with Crippen LogP contribution in [-0.4, -0.2) is 28.5 Å². The maximum atomic E-state index is 11.7. The highest BCUT2D eigenvalue weighted by atomic mass is 16.4. The van der Waals surface area contributed by atoms with Gasteiger partial charge < -0.3 is 10.4 Å². The van der Waals surface area contributed by atoms with Gasteiger partial charge in [0, 0.05) is 6.54 Å². The van der Waals surface area contributed by atoms with E-state index >= 15 is 0 Å². The van der Waals surface area contributed by atoms with Crippen molar-refractivity contribution in [3.05, 3.63) is 29.6 Å². The Labute approximate surface area is 98.9 Å². The molecule has 0 radical (unpaired) electrons. The Kier molecular flexibility index (Phi) is 2.83. The van der Waals surface area contributed by atoms with Crippen LogP contribution in [0.25, 0.3) is 0 Å². The first kappa shape index (κ1) is 11.6. The molecule has 90 valence electrons. The van der Waals surface area contributed by atoms with Crippen LogP contribution in [0, 0.1) is 5.41 Å². The first-order chi connectivity index (χ1) is 8.00. The highest BCUT2D eigenvalue weighted by molar-refractivity contribution is 5.94. The minimum atomic E-state index is -1.13. The molecule has 1 aliphatic rings. The van der Waals surface area contributed by atoms with Crippen molar-refractivity contribution in [1.29, 1.82) is 0 Å². The predicted octanol–water partition coefficient (Wildman–Crippen LogP) is 1.31. The summed E-state index contributed by atoms with van der Waals surface area (Å²) in [6, 6.07) is 4.39. The van der Waals surface area contributed by atoms with Crippen molar-refractivity contribution >= 4 is 11.9 Å². The van der Waals surface area contributed by atoms with Gasteiger partial charge in [-0.3, -0.25) is 4.79 Å². The van der Waals surface area contributed by atoms with Crippen LogP contribution in [0.15, 0.2) is 18.2 Å². The largest absolute Gasteiger partial charge is 0.477 e. The average Bonchev–Trinajstić information content (AvgIpc) is 3.05. The third kappa shape index (κ3) is 2.81. The third-order valence-corrected chi connectivity index (χ3v) is 2.98. The van der Waals surface area contributed by atoms with Crippen LogP contribution >= 0.6 is 0 Å². The average molecular weight is 234 g/mol. The van der Waals surface area contributed by atoms with E-state index in [-0.39, 0.29) is 22.7 Å². The van der Waals surface area contributed by atoms with Crippen LogP contribution in [0.2, 0.25) is 0 Å². The van der Waals surface area contributed by atoms with Gasteiger partial charge in [-0.25, -0.2) is 9.78 Å². The summed E-state index contributed by atoms with van der Waals surface area (Å²) in [6.07, 6.45) is 2.24. The number of carbonyl (C=O) groups is 2. The Bertz CT molecular complexity index is 467. The van der Waals surface area contributed by atoms with Crippen LogP contribution in [0.1, 0.15) is 40.7 Å². The summed E-state index contributed by atoms with van der Waals surface area (Å²) in [5, 5.41) is 11.5. The molecule has 1 heterocycles. The molecule has 1 fully saturated rings. The molecule has 0 atom stereocenters. The minimum absolute atomic E-state index is 0.115. The number of aromatic carboxylic acids is 1. The van der Waals surface area contributed by atoms with Gasteiger partial charge in [0.2, 0.25) is 0 Å². The molecule has 5 heteroatoms. The number of hydrogen-bond donors (Lipinski definition) is 2. The second kappa shape index (κ2) is 4.16. The Morgan fingerprint density at radius 1 is 1.41 bits per heavy atom. The summed E-state index contributed by atoms with van der Waals surface area (Å²) in [5.74, 6) is -1.45. The van der Waals surface area contributed by atoms with Crippen molar-refractivity contribution in [2.24, 2.45) is 5.41 Å².